The van der Waals surface area contributed by atoms with Crippen molar-refractivity contribution in [3.05, 3.63) is 33.8 Å². The second kappa shape index (κ2) is 6.30. The van der Waals surface area contributed by atoms with Gasteiger partial charge in [0.2, 0.25) is 0 Å². The van der Waals surface area contributed by atoms with Gasteiger partial charge in [0.15, 0.2) is 0 Å². The molecule has 0 radical (unpaired) electrons. The molecular formula is C12H16BrF2N. The first kappa shape index (κ1) is 13.6. The maximum absolute atomic E-state index is 13.5. The largest absolute Gasteiger partial charge is 0.324 e. The molecule has 0 aliphatic rings. The molecule has 0 amide bonds. The maximum Gasteiger partial charge on any atom is 0.132 e. The summed E-state index contributed by atoms with van der Waals surface area (Å²) in [7, 11) is 0. The van der Waals surface area contributed by atoms with Gasteiger partial charge in [0.1, 0.15) is 11.6 Å². The van der Waals surface area contributed by atoms with Gasteiger partial charge in [-0.25, -0.2) is 8.78 Å². The van der Waals surface area contributed by atoms with Crippen molar-refractivity contribution in [2.75, 3.05) is 0 Å². The summed E-state index contributed by atoms with van der Waals surface area (Å²) >= 11 is 3.04. The van der Waals surface area contributed by atoms with E-state index in [0.717, 1.165) is 19.3 Å². The lowest BCUT2D eigenvalue weighted by atomic mass is 10.0. The number of unbranched alkanes of at least 4 members (excludes halogenated alkanes) is 2. The van der Waals surface area contributed by atoms with E-state index in [1.807, 2.05) is 0 Å². The molecule has 1 nitrogen and oxygen atoms in total. The van der Waals surface area contributed by atoms with Crippen LogP contribution in [0.1, 0.15) is 44.2 Å². The molecule has 1 aromatic carbocycles. The minimum atomic E-state index is -0.573. The van der Waals surface area contributed by atoms with E-state index in [9.17, 15) is 8.78 Å². The molecule has 0 heterocycles. The topological polar surface area (TPSA) is 26.0 Å². The van der Waals surface area contributed by atoms with Crippen LogP contribution < -0.4 is 5.73 Å². The normalized spacial score (nSPS) is 12.8. The van der Waals surface area contributed by atoms with E-state index in [1.165, 1.54) is 12.1 Å². The van der Waals surface area contributed by atoms with Crippen LogP contribution in [0.25, 0.3) is 0 Å². The lowest BCUT2D eigenvalue weighted by Gasteiger charge is -2.14. The predicted octanol–water partition coefficient (Wildman–Crippen LogP) is 4.31. The fourth-order valence-corrected chi connectivity index (χ4v) is 2.07. The highest BCUT2D eigenvalue weighted by atomic mass is 79.9. The zero-order valence-electron chi connectivity index (χ0n) is 9.27. The van der Waals surface area contributed by atoms with Crippen molar-refractivity contribution in [3.63, 3.8) is 0 Å². The molecule has 1 rings (SSSR count). The van der Waals surface area contributed by atoms with Gasteiger partial charge in [-0.15, -0.1) is 0 Å². The summed E-state index contributed by atoms with van der Waals surface area (Å²) in [5.41, 5.74) is 5.79. The predicted molar refractivity (Wildman–Crippen MR) is 65.1 cm³/mol. The first-order valence-electron chi connectivity index (χ1n) is 5.46. The Balaban J connectivity index is 2.78. The van der Waals surface area contributed by atoms with Crippen molar-refractivity contribution in [3.8, 4) is 0 Å². The van der Waals surface area contributed by atoms with E-state index in [-0.39, 0.29) is 5.56 Å². The molecule has 0 spiro atoms. The van der Waals surface area contributed by atoms with Crippen LogP contribution >= 0.6 is 15.9 Å². The Hall–Kier alpha value is -0.480. The molecule has 90 valence electrons. The molecule has 1 aromatic rings. The van der Waals surface area contributed by atoms with Gasteiger partial charge < -0.3 is 5.73 Å². The second-order valence-electron chi connectivity index (χ2n) is 3.89. The summed E-state index contributed by atoms with van der Waals surface area (Å²) in [4.78, 5) is 0. The molecule has 4 heteroatoms. The Kier molecular flexibility index (Phi) is 5.35. The average Bonchev–Trinajstić information content (AvgIpc) is 2.16. The van der Waals surface area contributed by atoms with E-state index >= 15 is 0 Å². The first-order valence-corrected chi connectivity index (χ1v) is 6.25. The van der Waals surface area contributed by atoms with Crippen LogP contribution in [0.3, 0.4) is 0 Å². The Morgan fingerprint density at radius 3 is 2.31 bits per heavy atom. The van der Waals surface area contributed by atoms with Crippen LogP contribution in [0, 0.1) is 11.6 Å². The van der Waals surface area contributed by atoms with E-state index in [1.54, 1.807) is 0 Å². The summed E-state index contributed by atoms with van der Waals surface area (Å²) in [6, 6.07) is 1.94. The first-order chi connectivity index (χ1) is 7.56. The number of halogens is 3. The zero-order chi connectivity index (χ0) is 12.1. The van der Waals surface area contributed by atoms with Crippen LogP contribution in [-0.2, 0) is 0 Å². The number of hydrogen-bond donors (Lipinski definition) is 1. The molecule has 0 aromatic heterocycles. The van der Waals surface area contributed by atoms with Gasteiger partial charge in [0.05, 0.1) is 0 Å². The number of nitrogens with two attached hydrogens (primary N) is 1. The minimum absolute atomic E-state index is 0.000645. The van der Waals surface area contributed by atoms with Crippen molar-refractivity contribution in [2.45, 2.75) is 38.6 Å². The van der Waals surface area contributed by atoms with Gasteiger partial charge in [0.25, 0.3) is 0 Å². The summed E-state index contributed by atoms with van der Waals surface area (Å²) in [6.07, 6.45) is 3.61. The van der Waals surface area contributed by atoms with Crippen molar-refractivity contribution in [1.29, 1.82) is 0 Å². The lowest BCUT2D eigenvalue weighted by Crippen LogP contribution is -2.14. The lowest BCUT2D eigenvalue weighted by molar-refractivity contribution is 0.497. The van der Waals surface area contributed by atoms with Crippen LogP contribution in [0.15, 0.2) is 16.6 Å². The number of benzene rings is 1. The molecule has 0 aliphatic carbocycles. The quantitative estimate of drug-likeness (QED) is 0.804. The van der Waals surface area contributed by atoms with Crippen molar-refractivity contribution in [2.24, 2.45) is 5.73 Å². The van der Waals surface area contributed by atoms with Gasteiger partial charge in [-0.05, 0) is 18.6 Å². The number of hydrogen-bond acceptors (Lipinski definition) is 1. The standard InChI is InChI=1S/C12H16BrF2N/c1-2-3-4-5-11(16)12-9(14)6-8(13)7-10(12)15/h6-7,11H,2-5,16H2,1H3/t11-/m1/s1. The van der Waals surface area contributed by atoms with Crippen LogP contribution in [0.5, 0.6) is 0 Å². The molecule has 0 aliphatic heterocycles. The Labute approximate surface area is 103 Å². The molecule has 0 saturated carbocycles. The van der Waals surface area contributed by atoms with Crippen molar-refractivity contribution >= 4 is 15.9 Å². The van der Waals surface area contributed by atoms with Crippen molar-refractivity contribution in [1.82, 2.24) is 0 Å². The van der Waals surface area contributed by atoms with E-state index in [0.29, 0.717) is 10.9 Å². The summed E-state index contributed by atoms with van der Waals surface area (Å²) in [5.74, 6) is -1.15. The second-order valence-corrected chi connectivity index (χ2v) is 4.80. The molecule has 0 fully saturated rings. The summed E-state index contributed by atoms with van der Waals surface area (Å²) in [6.45, 7) is 2.08. The smallest absolute Gasteiger partial charge is 0.132 e. The SMILES string of the molecule is CCCCC[C@@H](N)c1c(F)cc(Br)cc1F. The molecule has 16 heavy (non-hydrogen) atoms. The number of rotatable bonds is 5. The monoisotopic (exact) mass is 291 g/mol. The van der Waals surface area contributed by atoms with Crippen LogP contribution in [-0.4, -0.2) is 0 Å². The van der Waals surface area contributed by atoms with E-state index in [2.05, 4.69) is 22.9 Å². The minimum Gasteiger partial charge on any atom is -0.324 e. The van der Waals surface area contributed by atoms with Gasteiger partial charge in [-0.2, -0.15) is 0 Å². The third-order valence-electron chi connectivity index (χ3n) is 2.53. The molecule has 0 saturated heterocycles. The molecule has 1 atom stereocenters. The zero-order valence-corrected chi connectivity index (χ0v) is 10.9. The maximum atomic E-state index is 13.5. The highest BCUT2D eigenvalue weighted by Gasteiger charge is 2.17. The fourth-order valence-electron chi connectivity index (χ4n) is 1.67. The van der Waals surface area contributed by atoms with E-state index < -0.39 is 17.7 Å². The molecule has 2 N–H and O–H groups in total. The molecule has 0 unspecified atom stereocenters. The Bertz CT molecular complexity index is 332. The molecule has 0 bridgehead atoms. The average molecular weight is 292 g/mol. The summed E-state index contributed by atoms with van der Waals surface area (Å²) < 4.78 is 27.4. The van der Waals surface area contributed by atoms with Gasteiger partial charge in [-0.1, -0.05) is 42.1 Å². The van der Waals surface area contributed by atoms with Gasteiger partial charge in [0, 0.05) is 16.1 Å². The van der Waals surface area contributed by atoms with Crippen molar-refractivity contribution < 1.29 is 8.78 Å². The highest BCUT2D eigenvalue weighted by Crippen LogP contribution is 2.26. The third-order valence-corrected chi connectivity index (χ3v) is 2.99. The van der Waals surface area contributed by atoms with Gasteiger partial charge >= 0.3 is 0 Å². The fraction of sp³-hybridized carbons (Fsp3) is 0.500. The van der Waals surface area contributed by atoms with Gasteiger partial charge in [-0.3, -0.25) is 0 Å². The van der Waals surface area contributed by atoms with E-state index in [4.69, 9.17) is 5.73 Å². The Morgan fingerprint density at radius 2 is 1.81 bits per heavy atom. The Morgan fingerprint density at radius 1 is 1.25 bits per heavy atom. The molecular weight excluding hydrogens is 276 g/mol. The third kappa shape index (κ3) is 3.52. The van der Waals surface area contributed by atoms with Crippen LogP contribution in [0.4, 0.5) is 8.78 Å². The highest BCUT2D eigenvalue weighted by molar-refractivity contribution is 9.10. The van der Waals surface area contributed by atoms with Crippen LogP contribution in [0.2, 0.25) is 0 Å². The summed E-state index contributed by atoms with van der Waals surface area (Å²) in [5, 5.41) is 0.